The van der Waals surface area contributed by atoms with Crippen molar-refractivity contribution in [3.8, 4) is 17.2 Å². The van der Waals surface area contributed by atoms with Gasteiger partial charge in [0.25, 0.3) is 11.8 Å². The molecular formula is C26H22N2O6. The Hall–Kier alpha value is -4.59. The van der Waals surface area contributed by atoms with Crippen molar-refractivity contribution >= 4 is 23.9 Å². The fourth-order valence-electron chi connectivity index (χ4n) is 3.26. The quantitative estimate of drug-likeness (QED) is 0.395. The normalized spacial score (nSPS) is 13.1. The second-order valence-corrected chi connectivity index (χ2v) is 7.41. The van der Waals surface area contributed by atoms with Crippen LogP contribution in [0.15, 0.2) is 78.4 Å². The Morgan fingerprint density at radius 2 is 1.41 bits per heavy atom. The molecule has 1 aliphatic rings. The number of ether oxygens (including phenoxy) is 3. The molecule has 4 amide bonds. The van der Waals surface area contributed by atoms with E-state index in [0.29, 0.717) is 36.0 Å². The Balaban J connectivity index is 1.36. The molecule has 4 rings (SSSR count). The summed E-state index contributed by atoms with van der Waals surface area (Å²) in [4.78, 5) is 34.8. The average molecular weight is 458 g/mol. The predicted molar refractivity (Wildman–Crippen MR) is 124 cm³/mol. The van der Waals surface area contributed by atoms with Gasteiger partial charge in [-0.25, -0.2) is 4.79 Å². The smallest absolute Gasteiger partial charge is 0.328 e. The third-order valence-electron chi connectivity index (χ3n) is 5.01. The van der Waals surface area contributed by atoms with Crippen LogP contribution in [0.5, 0.6) is 17.2 Å². The molecule has 3 aromatic rings. The summed E-state index contributed by atoms with van der Waals surface area (Å²) in [6, 6.07) is 21.5. The Kier molecular flexibility index (Phi) is 6.88. The molecule has 1 saturated heterocycles. The van der Waals surface area contributed by atoms with Crippen LogP contribution < -0.4 is 24.8 Å². The van der Waals surface area contributed by atoms with Gasteiger partial charge in [-0.3, -0.25) is 20.2 Å². The third kappa shape index (κ3) is 5.60. The summed E-state index contributed by atoms with van der Waals surface area (Å²) < 4.78 is 17.2. The molecule has 0 radical (unpaired) electrons. The van der Waals surface area contributed by atoms with E-state index in [2.05, 4.69) is 0 Å². The number of imide groups is 2. The minimum atomic E-state index is -0.830. The maximum absolute atomic E-state index is 11.8. The lowest BCUT2D eigenvalue weighted by molar-refractivity contribution is -0.123. The van der Waals surface area contributed by atoms with Gasteiger partial charge in [0.05, 0.1) is 7.11 Å². The Morgan fingerprint density at radius 1 is 0.735 bits per heavy atom. The predicted octanol–water partition coefficient (Wildman–Crippen LogP) is 3.60. The Bertz CT molecular complexity index is 1210. The van der Waals surface area contributed by atoms with Gasteiger partial charge >= 0.3 is 6.03 Å². The van der Waals surface area contributed by atoms with Crippen molar-refractivity contribution in [3.63, 3.8) is 0 Å². The van der Waals surface area contributed by atoms with Crippen LogP contribution in [0.1, 0.15) is 16.7 Å². The molecule has 1 fully saturated rings. The fourth-order valence-corrected chi connectivity index (χ4v) is 3.26. The SMILES string of the molecule is COc1cc(COc2ccc(C=C3C(=O)NC(=O)NC3=O)cc2)ccc1OCc1ccccc1. The molecule has 172 valence electrons. The minimum absolute atomic E-state index is 0.144. The van der Waals surface area contributed by atoms with Gasteiger partial charge in [0.2, 0.25) is 0 Å². The van der Waals surface area contributed by atoms with E-state index < -0.39 is 17.8 Å². The number of hydrogen-bond acceptors (Lipinski definition) is 6. The highest BCUT2D eigenvalue weighted by Crippen LogP contribution is 2.29. The van der Waals surface area contributed by atoms with Gasteiger partial charge in [0, 0.05) is 0 Å². The van der Waals surface area contributed by atoms with E-state index in [1.807, 2.05) is 59.2 Å². The van der Waals surface area contributed by atoms with E-state index >= 15 is 0 Å². The second-order valence-electron chi connectivity index (χ2n) is 7.41. The number of benzene rings is 3. The van der Waals surface area contributed by atoms with Crippen LogP contribution in [0.3, 0.4) is 0 Å². The van der Waals surface area contributed by atoms with E-state index in [0.717, 1.165) is 11.1 Å². The molecule has 2 N–H and O–H groups in total. The van der Waals surface area contributed by atoms with Gasteiger partial charge in [-0.1, -0.05) is 48.5 Å². The number of hydrogen-bond donors (Lipinski definition) is 2. The second kappa shape index (κ2) is 10.4. The molecule has 0 spiro atoms. The summed E-state index contributed by atoms with van der Waals surface area (Å²) in [5.41, 5.74) is 2.43. The topological polar surface area (TPSA) is 103 Å². The highest BCUT2D eigenvalue weighted by molar-refractivity contribution is 6.31. The van der Waals surface area contributed by atoms with Gasteiger partial charge in [0.1, 0.15) is 24.5 Å². The van der Waals surface area contributed by atoms with Crippen molar-refractivity contribution in [1.82, 2.24) is 10.6 Å². The lowest BCUT2D eigenvalue weighted by Crippen LogP contribution is -2.51. The molecule has 34 heavy (non-hydrogen) atoms. The number of methoxy groups -OCH3 is 1. The van der Waals surface area contributed by atoms with Gasteiger partial charge < -0.3 is 14.2 Å². The molecule has 0 bridgehead atoms. The first kappa shape index (κ1) is 22.6. The lowest BCUT2D eigenvalue weighted by Gasteiger charge is -2.14. The van der Waals surface area contributed by atoms with Crippen molar-refractivity contribution in [3.05, 3.63) is 95.1 Å². The van der Waals surface area contributed by atoms with Crippen LogP contribution >= 0.6 is 0 Å². The summed E-state index contributed by atoms with van der Waals surface area (Å²) in [6.45, 7) is 0.748. The van der Waals surface area contributed by atoms with E-state index in [1.165, 1.54) is 6.08 Å². The molecular weight excluding hydrogens is 436 g/mol. The van der Waals surface area contributed by atoms with Crippen LogP contribution in [0.25, 0.3) is 6.08 Å². The number of amides is 4. The first-order chi connectivity index (χ1) is 16.5. The lowest BCUT2D eigenvalue weighted by atomic mass is 10.1. The summed E-state index contributed by atoms with van der Waals surface area (Å²) >= 11 is 0. The maximum atomic E-state index is 11.8. The number of rotatable bonds is 8. The van der Waals surface area contributed by atoms with Crippen LogP contribution in [0.2, 0.25) is 0 Å². The molecule has 8 heteroatoms. The Morgan fingerprint density at radius 3 is 2.09 bits per heavy atom. The maximum Gasteiger partial charge on any atom is 0.328 e. The largest absolute Gasteiger partial charge is 0.493 e. The molecule has 0 aromatic heterocycles. The van der Waals surface area contributed by atoms with Gasteiger partial charge in [-0.2, -0.15) is 0 Å². The van der Waals surface area contributed by atoms with Gasteiger partial charge in [0.15, 0.2) is 11.5 Å². The molecule has 8 nitrogen and oxygen atoms in total. The average Bonchev–Trinajstić information content (AvgIpc) is 2.85. The third-order valence-corrected chi connectivity index (χ3v) is 5.01. The standard InChI is InChI=1S/C26H22N2O6/c1-32-23-14-19(9-12-22(23)34-15-18-5-3-2-4-6-18)16-33-20-10-7-17(8-11-20)13-21-24(29)27-26(31)28-25(21)30/h2-14H,15-16H2,1H3,(H2,27,28,29,30,31). The van der Waals surface area contributed by atoms with Gasteiger partial charge in [-0.05, 0) is 47.0 Å². The summed E-state index contributed by atoms with van der Waals surface area (Å²) in [7, 11) is 1.59. The molecule has 0 atom stereocenters. The fraction of sp³-hybridized carbons (Fsp3) is 0.115. The molecule has 3 aromatic carbocycles. The number of urea groups is 1. The number of carbonyl (C=O) groups excluding carboxylic acids is 3. The van der Waals surface area contributed by atoms with Crippen LogP contribution in [0.4, 0.5) is 4.79 Å². The molecule has 0 unspecified atom stereocenters. The van der Waals surface area contributed by atoms with Crippen LogP contribution in [-0.4, -0.2) is 25.0 Å². The zero-order chi connectivity index (χ0) is 23.9. The Labute approximate surface area is 196 Å². The monoisotopic (exact) mass is 458 g/mol. The van der Waals surface area contributed by atoms with E-state index in [9.17, 15) is 14.4 Å². The molecule has 1 aliphatic heterocycles. The summed E-state index contributed by atoms with van der Waals surface area (Å²) in [6.07, 6.45) is 1.40. The molecule has 0 aliphatic carbocycles. The highest BCUT2D eigenvalue weighted by Gasteiger charge is 2.27. The van der Waals surface area contributed by atoms with E-state index in [1.54, 1.807) is 31.4 Å². The molecule has 0 saturated carbocycles. The van der Waals surface area contributed by atoms with Crippen molar-refractivity contribution in [2.45, 2.75) is 13.2 Å². The number of nitrogens with one attached hydrogen (secondary N) is 2. The number of barbiturate groups is 1. The van der Waals surface area contributed by atoms with E-state index in [4.69, 9.17) is 14.2 Å². The van der Waals surface area contributed by atoms with Gasteiger partial charge in [-0.15, -0.1) is 0 Å². The van der Waals surface area contributed by atoms with E-state index in [-0.39, 0.29) is 5.57 Å². The van der Waals surface area contributed by atoms with Crippen LogP contribution in [0, 0.1) is 0 Å². The number of carbonyl (C=O) groups is 3. The first-order valence-electron chi connectivity index (χ1n) is 10.5. The highest BCUT2D eigenvalue weighted by atomic mass is 16.5. The molecule has 1 heterocycles. The van der Waals surface area contributed by atoms with Crippen molar-refractivity contribution in [1.29, 1.82) is 0 Å². The minimum Gasteiger partial charge on any atom is -0.493 e. The zero-order valence-corrected chi connectivity index (χ0v) is 18.4. The van der Waals surface area contributed by atoms with Crippen molar-refractivity contribution < 1.29 is 28.6 Å². The first-order valence-corrected chi connectivity index (χ1v) is 10.5. The zero-order valence-electron chi connectivity index (χ0n) is 18.4. The summed E-state index contributed by atoms with van der Waals surface area (Å²) in [5.74, 6) is 0.392. The summed E-state index contributed by atoms with van der Waals surface area (Å²) in [5, 5.41) is 4.07. The van der Waals surface area contributed by atoms with Crippen molar-refractivity contribution in [2.24, 2.45) is 0 Å². The van der Waals surface area contributed by atoms with Crippen molar-refractivity contribution in [2.75, 3.05) is 7.11 Å². The van der Waals surface area contributed by atoms with Crippen LogP contribution in [-0.2, 0) is 22.8 Å².